The molecule has 0 aromatic heterocycles. The molecule has 0 aliphatic carbocycles. The van der Waals surface area contributed by atoms with Crippen LogP contribution >= 0.6 is 0 Å². The van der Waals surface area contributed by atoms with Gasteiger partial charge in [0.1, 0.15) is 0 Å². The molecule has 0 aromatic rings. The van der Waals surface area contributed by atoms with E-state index in [0.717, 1.165) is 19.3 Å². The Morgan fingerprint density at radius 3 is 2.64 bits per heavy atom. The van der Waals surface area contributed by atoms with Gasteiger partial charge < -0.3 is 10.8 Å². The predicted molar refractivity (Wildman–Crippen MR) is 43.9 cm³/mol. The molecule has 1 atom stereocenters. The molecule has 0 heterocycles. The molecule has 3 heteroatoms. The van der Waals surface area contributed by atoms with Crippen molar-refractivity contribution in [2.24, 2.45) is 11.7 Å². The van der Waals surface area contributed by atoms with Crippen LogP contribution in [0.1, 0.15) is 32.6 Å². The van der Waals surface area contributed by atoms with Gasteiger partial charge in [0.2, 0.25) is 5.91 Å². The van der Waals surface area contributed by atoms with Crippen molar-refractivity contribution >= 4 is 5.91 Å². The zero-order valence-corrected chi connectivity index (χ0v) is 7.05. The van der Waals surface area contributed by atoms with Crippen LogP contribution in [0.3, 0.4) is 0 Å². The molecule has 11 heavy (non-hydrogen) atoms. The van der Waals surface area contributed by atoms with Crippen molar-refractivity contribution < 1.29 is 9.90 Å². The summed E-state index contributed by atoms with van der Waals surface area (Å²) in [6.45, 7) is 2.31. The van der Waals surface area contributed by atoms with Gasteiger partial charge in [-0.1, -0.05) is 6.92 Å². The molecule has 1 amide bonds. The Balaban J connectivity index is 3.22. The highest BCUT2D eigenvalue weighted by Crippen LogP contribution is 2.11. The van der Waals surface area contributed by atoms with Gasteiger partial charge in [0.15, 0.2) is 0 Å². The first-order chi connectivity index (χ1) is 5.16. The summed E-state index contributed by atoms with van der Waals surface area (Å²) in [6, 6.07) is 0. The van der Waals surface area contributed by atoms with Crippen molar-refractivity contribution in [2.45, 2.75) is 32.6 Å². The molecule has 0 bridgehead atoms. The lowest BCUT2D eigenvalue weighted by Gasteiger charge is -2.07. The molecule has 0 aliphatic rings. The fraction of sp³-hybridized carbons (Fsp3) is 0.875. The lowest BCUT2D eigenvalue weighted by atomic mass is 10.00. The third-order valence-electron chi connectivity index (χ3n) is 1.74. The summed E-state index contributed by atoms with van der Waals surface area (Å²) in [6.07, 6.45) is 3.10. The number of carbonyl (C=O) groups is 1. The number of nitrogens with two attached hydrogens (primary N) is 1. The SMILES string of the molecule is CC(CCCO)CCC(N)=O. The molecule has 0 rings (SSSR count). The van der Waals surface area contributed by atoms with Crippen LogP contribution in [0.15, 0.2) is 0 Å². The first-order valence-electron chi connectivity index (χ1n) is 4.06. The zero-order chi connectivity index (χ0) is 8.69. The van der Waals surface area contributed by atoms with Crippen LogP contribution < -0.4 is 5.73 Å². The number of amides is 1. The summed E-state index contributed by atoms with van der Waals surface area (Å²) in [5.74, 6) is 0.260. The molecule has 0 radical (unpaired) electrons. The first kappa shape index (κ1) is 10.4. The molecule has 0 saturated heterocycles. The lowest BCUT2D eigenvalue weighted by molar-refractivity contribution is -0.118. The number of rotatable bonds is 6. The van der Waals surface area contributed by atoms with Gasteiger partial charge in [-0.05, 0) is 25.2 Å². The van der Waals surface area contributed by atoms with Crippen molar-refractivity contribution in [3.05, 3.63) is 0 Å². The van der Waals surface area contributed by atoms with Gasteiger partial charge in [0.25, 0.3) is 0 Å². The normalized spacial score (nSPS) is 12.9. The van der Waals surface area contributed by atoms with E-state index in [1.807, 2.05) is 0 Å². The summed E-state index contributed by atoms with van der Waals surface area (Å²) in [5, 5.41) is 8.50. The molecule has 0 spiro atoms. The summed E-state index contributed by atoms with van der Waals surface area (Å²) >= 11 is 0. The van der Waals surface area contributed by atoms with E-state index >= 15 is 0 Å². The Labute approximate surface area is 67.6 Å². The molecule has 66 valence electrons. The van der Waals surface area contributed by atoms with E-state index in [2.05, 4.69) is 6.92 Å². The Kier molecular flexibility index (Phi) is 5.84. The maximum absolute atomic E-state index is 10.4. The fourth-order valence-electron chi connectivity index (χ4n) is 0.973. The van der Waals surface area contributed by atoms with Crippen LogP contribution in [0.5, 0.6) is 0 Å². The summed E-state index contributed by atoms with van der Waals surface area (Å²) < 4.78 is 0. The number of primary amides is 1. The van der Waals surface area contributed by atoms with Crippen molar-refractivity contribution in [1.82, 2.24) is 0 Å². The Morgan fingerprint density at radius 2 is 2.18 bits per heavy atom. The average molecular weight is 159 g/mol. The summed E-state index contributed by atoms with van der Waals surface area (Å²) in [4.78, 5) is 10.4. The lowest BCUT2D eigenvalue weighted by Crippen LogP contribution is -2.11. The van der Waals surface area contributed by atoms with E-state index in [1.165, 1.54) is 0 Å². The van der Waals surface area contributed by atoms with E-state index in [4.69, 9.17) is 10.8 Å². The predicted octanol–water partition coefficient (Wildman–Crippen LogP) is 0.661. The smallest absolute Gasteiger partial charge is 0.217 e. The fourth-order valence-corrected chi connectivity index (χ4v) is 0.973. The third-order valence-corrected chi connectivity index (χ3v) is 1.74. The van der Waals surface area contributed by atoms with E-state index < -0.39 is 0 Å². The molecule has 0 aromatic carbocycles. The molecular formula is C8H17NO2. The van der Waals surface area contributed by atoms with Gasteiger partial charge in [-0.3, -0.25) is 4.79 Å². The highest BCUT2D eigenvalue weighted by atomic mass is 16.2. The molecule has 3 nitrogen and oxygen atoms in total. The van der Waals surface area contributed by atoms with Crippen LogP contribution in [0, 0.1) is 5.92 Å². The Morgan fingerprint density at radius 1 is 1.55 bits per heavy atom. The molecule has 0 fully saturated rings. The van der Waals surface area contributed by atoms with E-state index in [1.54, 1.807) is 0 Å². The Hall–Kier alpha value is -0.570. The van der Waals surface area contributed by atoms with Crippen LogP contribution in [-0.2, 0) is 4.79 Å². The van der Waals surface area contributed by atoms with Gasteiger partial charge in [-0.15, -0.1) is 0 Å². The second-order valence-electron chi connectivity index (χ2n) is 2.98. The van der Waals surface area contributed by atoms with Gasteiger partial charge in [0, 0.05) is 13.0 Å². The molecule has 3 N–H and O–H groups in total. The number of aliphatic hydroxyl groups is 1. The quantitative estimate of drug-likeness (QED) is 0.598. The second-order valence-corrected chi connectivity index (χ2v) is 2.98. The van der Waals surface area contributed by atoms with E-state index in [0.29, 0.717) is 12.3 Å². The van der Waals surface area contributed by atoms with Crippen LogP contribution in [-0.4, -0.2) is 17.6 Å². The highest BCUT2D eigenvalue weighted by Gasteiger charge is 2.03. The number of hydrogen-bond acceptors (Lipinski definition) is 2. The minimum absolute atomic E-state index is 0.235. The monoisotopic (exact) mass is 159 g/mol. The third kappa shape index (κ3) is 7.33. The number of hydrogen-bond donors (Lipinski definition) is 2. The topological polar surface area (TPSA) is 63.3 Å². The average Bonchev–Trinajstić information content (AvgIpc) is 1.97. The van der Waals surface area contributed by atoms with Gasteiger partial charge in [0.05, 0.1) is 0 Å². The van der Waals surface area contributed by atoms with Crippen molar-refractivity contribution in [2.75, 3.05) is 6.61 Å². The maximum Gasteiger partial charge on any atom is 0.217 e. The van der Waals surface area contributed by atoms with Crippen molar-refractivity contribution in [1.29, 1.82) is 0 Å². The van der Waals surface area contributed by atoms with Crippen LogP contribution in [0.2, 0.25) is 0 Å². The summed E-state index contributed by atoms with van der Waals surface area (Å²) in [7, 11) is 0. The van der Waals surface area contributed by atoms with E-state index in [-0.39, 0.29) is 12.5 Å². The minimum atomic E-state index is -0.235. The zero-order valence-electron chi connectivity index (χ0n) is 7.05. The maximum atomic E-state index is 10.4. The second kappa shape index (κ2) is 6.16. The summed E-state index contributed by atoms with van der Waals surface area (Å²) in [5.41, 5.74) is 4.98. The minimum Gasteiger partial charge on any atom is -0.396 e. The van der Waals surface area contributed by atoms with Crippen molar-refractivity contribution in [3.63, 3.8) is 0 Å². The Bertz CT molecular complexity index is 115. The van der Waals surface area contributed by atoms with E-state index in [9.17, 15) is 4.79 Å². The molecule has 1 unspecified atom stereocenters. The van der Waals surface area contributed by atoms with Gasteiger partial charge in [-0.25, -0.2) is 0 Å². The standard InChI is InChI=1S/C8H17NO2/c1-7(3-2-6-10)4-5-8(9)11/h7,10H,2-6H2,1H3,(H2,9,11). The van der Waals surface area contributed by atoms with Gasteiger partial charge >= 0.3 is 0 Å². The van der Waals surface area contributed by atoms with Crippen molar-refractivity contribution in [3.8, 4) is 0 Å². The largest absolute Gasteiger partial charge is 0.396 e. The van der Waals surface area contributed by atoms with Crippen LogP contribution in [0.4, 0.5) is 0 Å². The van der Waals surface area contributed by atoms with Gasteiger partial charge in [-0.2, -0.15) is 0 Å². The molecular weight excluding hydrogens is 142 g/mol. The van der Waals surface area contributed by atoms with Crippen LogP contribution in [0.25, 0.3) is 0 Å². The first-order valence-corrected chi connectivity index (χ1v) is 4.06. The number of carbonyl (C=O) groups excluding carboxylic acids is 1. The molecule has 0 saturated carbocycles. The molecule has 0 aliphatic heterocycles. The number of aliphatic hydroxyl groups excluding tert-OH is 1. The highest BCUT2D eigenvalue weighted by molar-refractivity contribution is 5.73.